The first-order chi connectivity index (χ1) is 8.67. The maximum Gasteiger partial charge on any atom is 0.329 e. The summed E-state index contributed by atoms with van der Waals surface area (Å²) in [6.45, 7) is 3.94. The Balaban J connectivity index is 2.49. The van der Waals surface area contributed by atoms with Crippen molar-refractivity contribution in [1.82, 2.24) is 4.37 Å². The summed E-state index contributed by atoms with van der Waals surface area (Å²) in [4.78, 5) is 11.7. The number of ether oxygens (including phenoxy) is 1. The molecule has 5 heteroatoms. The van der Waals surface area contributed by atoms with Gasteiger partial charge in [-0.1, -0.05) is 11.6 Å². The number of carbonyl (C=O) groups excluding carboxylic acids is 1. The van der Waals surface area contributed by atoms with Gasteiger partial charge >= 0.3 is 5.97 Å². The minimum Gasteiger partial charge on any atom is -0.465 e. The van der Waals surface area contributed by atoms with Crippen LogP contribution < -0.4 is 0 Å². The molecule has 1 aromatic heterocycles. The first-order valence-electron chi connectivity index (χ1n) is 5.59. The molecule has 0 saturated heterocycles. The molecule has 1 aromatic carbocycles. The molecular weight excluding hydrogens is 248 g/mol. The fraction of sp³-hybridized carbons (Fsp3) is 0.308. The number of nitrogens with zero attached hydrogens (tertiary/aromatic N) is 2. The summed E-state index contributed by atoms with van der Waals surface area (Å²) in [7, 11) is 0. The topological polar surface area (TPSA) is 63.0 Å². The number of nitriles is 1. The summed E-state index contributed by atoms with van der Waals surface area (Å²) < 4.78 is 10.1. The summed E-state index contributed by atoms with van der Waals surface area (Å²) in [5.74, 6) is -1.48. The molecule has 0 fully saturated rings. The summed E-state index contributed by atoms with van der Waals surface area (Å²) in [5.41, 5.74) is 1.57. The number of rotatable bonds is 3. The molecule has 0 amide bonds. The highest BCUT2D eigenvalue weighted by Gasteiger charge is 2.26. The van der Waals surface area contributed by atoms with Crippen LogP contribution in [0.15, 0.2) is 18.2 Å². The van der Waals surface area contributed by atoms with Crippen molar-refractivity contribution in [3.05, 3.63) is 29.5 Å². The van der Waals surface area contributed by atoms with Gasteiger partial charge < -0.3 is 4.74 Å². The average molecular weight is 260 g/mol. The van der Waals surface area contributed by atoms with Crippen LogP contribution in [0, 0.1) is 18.3 Å². The van der Waals surface area contributed by atoms with Gasteiger partial charge in [0, 0.05) is 5.39 Å². The van der Waals surface area contributed by atoms with Crippen LogP contribution in [0.5, 0.6) is 0 Å². The lowest BCUT2D eigenvalue weighted by molar-refractivity contribution is -0.143. The van der Waals surface area contributed by atoms with Crippen LogP contribution in [-0.4, -0.2) is 16.9 Å². The molecule has 0 radical (unpaired) electrons. The molecule has 2 aromatic rings. The lowest BCUT2D eigenvalue weighted by Crippen LogP contribution is -2.14. The van der Waals surface area contributed by atoms with E-state index in [9.17, 15) is 4.79 Å². The number of aromatic nitrogens is 1. The van der Waals surface area contributed by atoms with E-state index in [0.29, 0.717) is 5.69 Å². The molecule has 1 atom stereocenters. The second-order valence-electron chi connectivity index (χ2n) is 3.88. The lowest BCUT2D eigenvalue weighted by Gasteiger charge is -2.06. The second kappa shape index (κ2) is 5.15. The molecule has 0 spiro atoms. The molecule has 0 aliphatic heterocycles. The van der Waals surface area contributed by atoms with Crippen molar-refractivity contribution in [1.29, 1.82) is 5.26 Å². The average Bonchev–Trinajstić information content (AvgIpc) is 2.74. The van der Waals surface area contributed by atoms with Crippen molar-refractivity contribution in [3.8, 4) is 6.07 Å². The van der Waals surface area contributed by atoms with Crippen LogP contribution in [0.25, 0.3) is 10.1 Å². The number of esters is 1. The zero-order chi connectivity index (χ0) is 13.1. The minimum absolute atomic E-state index is 0.262. The quantitative estimate of drug-likeness (QED) is 0.796. The zero-order valence-electron chi connectivity index (χ0n) is 10.1. The van der Waals surface area contributed by atoms with Gasteiger partial charge in [-0.15, -0.1) is 0 Å². The minimum atomic E-state index is -0.944. The number of aryl methyl sites for hydroxylation is 1. The Morgan fingerprint density at radius 1 is 1.61 bits per heavy atom. The van der Waals surface area contributed by atoms with Crippen LogP contribution in [0.3, 0.4) is 0 Å². The molecular formula is C13H12N2O2S. The molecule has 0 bridgehead atoms. The Morgan fingerprint density at radius 3 is 3.06 bits per heavy atom. The van der Waals surface area contributed by atoms with Gasteiger partial charge in [0.25, 0.3) is 0 Å². The highest BCUT2D eigenvalue weighted by molar-refractivity contribution is 7.13. The van der Waals surface area contributed by atoms with Crippen LogP contribution in [-0.2, 0) is 9.53 Å². The SMILES string of the molecule is CCOC(=O)C(C#N)c1nsc2ccc(C)cc12. The highest BCUT2D eigenvalue weighted by atomic mass is 32.1. The monoisotopic (exact) mass is 260 g/mol. The molecule has 0 aliphatic rings. The Labute approximate surface area is 109 Å². The van der Waals surface area contributed by atoms with E-state index in [-0.39, 0.29) is 6.61 Å². The van der Waals surface area contributed by atoms with E-state index in [1.54, 1.807) is 6.92 Å². The van der Waals surface area contributed by atoms with E-state index >= 15 is 0 Å². The smallest absolute Gasteiger partial charge is 0.329 e. The lowest BCUT2D eigenvalue weighted by atomic mass is 10.0. The van der Waals surface area contributed by atoms with Crippen molar-refractivity contribution >= 4 is 27.6 Å². The van der Waals surface area contributed by atoms with E-state index < -0.39 is 11.9 Å². The summed E-state index contributed by atoms with van der Waals surface area (Å²) in [6.07, 6.45) is 0. The van der Waals surface area contributed by atoms with Gasteiger partial charge in [0.1, 0.15) is 0 Å². The van der Waals surface area contributed by atoms with E-state index in [1.807, 2.05) is 31.2 Å². The molecule has 1 heterocycles. The van der Waals surface area contributed by atoms with Crippen molar-refractivity contribution in [3.63, 3.8) is 0 Å². The van der Waals surface area contributed by atoms with Gasteiger partial charge in [0.15, 0.2) is 5.92 Å². The van der Waals surface area contributed by atoms with Gasteiger partial charge in [-0.2, -0.15) is 9.64 Å². The van der Waals surface area contributed by atoms with Gasteiger partial charge in [-0.05, 0) is 37.5 Å². The number of fused-ring (bicyclic) bond motifs is 1. The van der Waals surface area contributed by atoms with Crippen LogP contribution in [0.1, 0.15) is 24.1 Å². The van der Waals surface area contributed by atoms with Gasteiger partial charge in [-0.3, -0.25) is 4.79 Å². The number of hydrogen-bond acceptors (Lipinski definition) is 5. The Hall–Kier alpha value is -1.93. The molecule has 92 valence electrons. The first kappa shape index (κ1) is 12.5. The Kier molecular flexibility index (Phi) is 3.58. The standard InChI is InChI=1S/C13H12N2O2S/c1-3-17-13(16)10(7-14)12-9-6-8(2)4-5-11(9)18-15-12/h4-6,10H,3H2,1-2H3. The third kappa shape index (κ3) is 2.20. The van der Waals surface area contributed by atoms with E-state index in [1.165, 1.54) is 11.5 Å². The van der Waals surface area contributed by atoms with Crippen molar-refractivity contribution in [2.24, 2.45) is 0 Å². The van der Waals surface area contributed by atoms with E-state index in [2.05, 4.69) is 4.37 Å². The second-order valence-corrected chi connectivity index (χ2v) is 4.69. The van der Waals surface area contributed by atoms with Gasteiger partial charge in [-0.25, -0.2) is 0 Å². The molecule has 4 nitrogen and oxygen atoms in total. The van der Waals surface area contributed by atoms with Crippen LogP contribution in [0.4, 0.5) is 0 Å². The predicted octanol–water partition coefficient (Wildman–Crippen LogP) is 2.78. The van der Waals surface area contributed by atoms with E-state index in [4.69, 9.17) is 10.00 Å². The first-order valence-corrected chi connectivity index (χ1v) is 6.37. The zero-order valence-corrected chi connectivity index (χ0v) is 11.0. The van der Waals surface area contributed by atoms with Crippen molar-refractivity contribution in [2.75, 3.05) is 6.61 Å². The molecule has 0 aliphatic carbocycles. The summed E-state index contributed by atoms with van der Waals surface area (Å²) in [6, 6.07) is 7.84. The van der Waals surface area contributed by atoms with Crippen LogP contribution in [0.2, 0.25) is 0 Å². The molecule has 2 rings (SSSR count). The summed E-state index contributed by atoms with van der Waals surface area (Å²) >= 11 is 1.29. The normalized spacial score (nSPS) is 12.1. The Bertz CT molecular complexity index is 627. The molecule has 0 saturated carbocycles. The largest absolute Gasteiger partial charge is 0.465 e. The molecule has 0 N–H and O–H groups in total. The fourth-order valence-corrected chi connectivity index (χ4v) is 2.52. The van der Waals surface area contributed by atoms with Crippen molar-refractivity contribution in [2.45, 2.75) is 19.8 Å². The Morgan fingerprint density at radius 2 is 2.39 bits per heavy atom. The summed E-state index contributed by atoms with van der Waals surface area (Å²) in [5, 5.41) is 10.00. The number of benzene rings is 1. The van der Waals surface area contributed by atoms with Crippen LogP contribution >= 0.6 is 11.5 Å². The maximum atomic E-state index is 11.7. The number of carbonyl (C=O) groups is 1. The number of hydrogen-bond donors (Lipinski definition) is 0. The predicted molar refractivity (Wildman–Crippen MR) is 69.3 cm³/mol. The third-order valence-electron chi connectivity index (χ3n) is 2.58. The van der Waals surface area contributed by atoms with E-state index in [0.717, 1.165) is 15.6 Å². The molecule has 18 heavy (non-hydrogen) atoms. The maximum absolute atomic E-state index is 11.7. The van der Waals surface area contributed by atoms with Gasteiger partial charge in [0.05, 0.1) is 23.1 Å². The highest BCUT2D eigenvalue weighted by Crippen LogP contribution is 2.29. The third-order valence-corrected chi connectivity index (χ3v) is 3.42. The fourth-order valence-electron chi connectivity index (χ4n) is 1.73. The molecule has 1 unspecified atom stereocenters. The van der Waals surface area contributed by atoms with Gasteiger partial charge in [0.2, 0.25) is 0 Å². The van der Waals surface area contributed by atoms with Crippen molar-refractivity contribution < 1.29 is 9.53 Å².